The van der Waals surface area contributed by atoms with Crippen LogP contribution >= 0.6 is 11.6 Å². The zero-order chi connectivity index (χ0) is 21.3. The van der Waals surface area contributed by atoms with Gasteiger partial charge >= 0.3 is 0 Å². The van der Waals surface area contributed by atoms with Crippen LogP contribution in [-0.2, 0) is 4.74 Å². The van der Waals surface area contributed by atoms with Crippen molar-refractivity contribution in [2.45, 2.75) is 0 Å². The van der Waals surface area contributed by atoms with Crippen LogP contribution in [0.3, 0.4) is 0 Å². The summed E-state index contributed by atoms with van der Waals surface area (Å²) < 4.78 is 10.6. The molecule has 0 spiro atoms. The molecule has 2 amide bonds. The Bertz CT molecular complexity index is 1010. The predicted molar refractivity (Wildman–Crippen MR) is 117 cm³/mol. The summed E-state index contributed by atoms with van der Waals surface area (Å²) in [5, 5.41) is 5.72. The van der Waals surface area contributed by atoms with Gasteiger partial charge in [-0.1, -0.05) is 29.8 Å². The number of halogens is 1. The Balaban J connectivity index is 1.61. The fourth-order valence-electron chi connectivity index (χ4n) is 2.64. The number of benzene rings is 3. The van der Waals surface area contributed by atoms with Crippen LogP contribution in [0.2, 0.25) is 5.02 Å². The summed E-state index contributed by atoms with van der Waals surface area (Å²) in [6.45, 7) is 0.792. The topological polar surface area (TPSA) is 76.7 Å². The molecule has 0 atom stereocenters. The van der Waals surface area contributed by atoms with Gasteiger partial charge in [0.15, 0.2) is 0 Å². The number of hydrogen-bond donors (Lipinski definition) is 2. The second-order valence-corrected chi connectivity index (χ2v) is 6.74. The fourth-order valence-corrected chi connectivity index (χ4v) is 2.91. The SMILES string of the molecule is COCCNC(=O)c1ccc(NC(=O)c2ccc(Oc3ccccc3)cc2)cc1Cl. The quantitative estimate of drug-likeness (QED) is 0.511. The van der Waals surface area contributed by atoms with Gasteiger partial charge in [-0.3, -0.25) is 9.59 Å². The third-order valence-electron chi connectivity index (χ3n) is 4.16. The minimum Gasteiger partial charge on any atom is -0.457 e. The Hall–Kier alpha value is -3.35. The second kappa shape index (κ2) is 10.4. The summed E-state index contributed by atoms with van der Waals surface area (Å²) in [4.78, 5) is 24.6. The number of rotatable bonds is 8. The third-order valence-corrected chi connectivity index (χ3v) is 4.47. The molecule has 0 saturated carbocycles. The molecular formula is C23H21ClN2O4. The number of methoxy groups -OCH3 is 1. The van der Waals surface area contributed by atoms with Crippen LogP contribution in [0.25, 0.3) is 0 Å². The number of ether oxygens (including phenoxy) is 2. The van der Waals surface area contributed by atoms with Crippen molar-refractivity contribution in [1.29, 1.82) is 0 Å². The molecule has 7 heteroatoms. The van der Waals surface area contributed by atoms with Crippen LogP contribution in [0.4, 0.5) is 5.69 Å². The lowest BCUT2D eigenvalue weighted by Gasteiger charge is -2.10. The molecular weight excluding hydrogens is 404 g/mol. The first-order valence-electron chi connectivity index (χ1n) is 9.28. The summed E-state index contributed by atoms with van der Waals surface area (Å²) in [6.07, 6.45) is 0. The molecule has 154 valence electrons. The Morgan fingerprint density at radius 3 is 2.27 bits per heavy atom. The minimum absolute atomic E-state index is 0.245. The van der Waals surface area contributed by atoms with E-state index in [1.54, 1.807) is 43.5 Å². The molecule has 0 unspecified atom stereocenters. The number of carbonyl (C=O) groups is 2. The first-order chi connectivity index (χ1) is 14.6. The maximum atomic E-state index is 12.5. The van der Waals surface area contributed by atoms with Crippen LogP contribution in [0.5, 0.6) is 11.5 Å². The highest BCUT2D eigenvalue weighted by Gasteiger charge is 2.12. The van der Waals surface area contributed by atoms with E-state index in [4.69, 9.17) is 21.1 Å². The van der Waals surface area contributed by atoms with Crippen molar-refractivity contribution in [3.8, 4) is 11.5 Å². The Kier molecular flexibility index (Phi) is 7.43. The van der Waals surface area contributed by atoms with E-state index in [0.29, 0.717) is 35.7 Å². The molecule has 0 aliphatic rings. The van der Waals surface area contributed by atoms with Crippen molar-refractivity contribution in [3.05, 3.63) is 88.9 Å². The molecule has 30 heavy (non-hydrogen) atoms. The summed E-state index contributed by atoms with van der Waals surface area (Å²) in [6, 6.07) is 20.9. The molecule has 0 aliphatic carbocycles. The van der Waals surface area contributed by atoms with Crippen LogP contribution in [-0.4, -0.2) is 32.1 Å². The average Bonchev–Trinajstić information content (AvgIpc) is 2.75. The highest BCUT2D eigenvalue weighted by molar-refractivity contribution is 6.34. The predicted octanol–water partition coefficient (Wildman–Crippen LogP) is 4.76. The average molecular weight is 425 g/mol. The molecule has 2 N–H and O–H groups in total. The van der Waals surface area contributed by atoms with Gasteiger partial charge in [-0.05, 0) is 54.6 Å². The lowest BCUT2D eigenvalue weighted by atomic mass is 10.1. The standard InChI is InChI=1S/C23H21ClN2O4/c1-29-14-13-25-23(28)20-12-9-17(15-21(20)24)26-22(27)16-7-10-19(11-8-16)30-18-5-3-2-4-6-18/h2-12,15H,13-14H2,1H3,(H,25,28)(H,26,27). The zero-order valence-corrected chi connectivity index (χ0v) is 17.1. The van der Waals surface area contributed by atoms with Crippen molar-refractivity contribution >= 4 is 29.1 Å². The van der Waals surface area contributed by atoms with Crippen LogP contribution in [0.15, 0.2) is 72.8 Å². The second-order valence-electron chi connectivity index (χ2n) is 6.34. The number of nitrogens with one attached hydrogen (secondary N) is 2. The highest BCUT2D eigenvalue weighted by atomic mass is 35.5. The van der Waals surface area contributed by atoms with E-state index in [-0.39, 0.29) is 16.8 Å². The van der Waals surface area contributed by atoms with Gasteiger partial charge in [0.25, 0.3) is 11.8 Å². The van der Waals surface area contributed by atoms with Crippen LogP contribution in [0.1, 0.15) is 20.7 Å². The van der Waals surface area contributed by atoms with Crippen molar-refractivity contribution in [2.75, 3.05) is 25.6 Å². The molecule has 0 bridgehead atoms. The summed E-state index contributed by atoms with van der Waals surface area (Å²) >= 11 is 6.20. The van der Waals surface area contributed by atoms with Gasteiger partial charge in [0.1, 0.15) is 11.5 Å². The van der Waals surface area contributed by atoms with Gasteiger partial charge in [-0.2, -0.15) is 0 Å². The Labute approximate surface area is 179 Å². The van der Waals surface area contributed by atoms with E-state index < -0.39 is 0 Å². The monoisotopic (exact) mass is 424 g/mol. The lowest BCUT2D eigenvalue weighted by Crippen LogP contribution is -2.27. The Morgan fingerprint density at radius 2 is 1.60 bits per heavy atom. The molecule has 0 saturated heterocycles. The maximum Gasteiger partial charge on any atom is 0.255 e. The fraction of sp³-hybridized carbons (Fsp3) is 0.130. The molecule has 0 aliphatic heterocycles. The first-order valence-corrected chi connectivity index (χ1v) is 9.65. The van der Waals surface area contributed by atoms with Gasteiger partial charge in [-0.25, -0.2) is 0 Å². The third kappa shape index (κ3) is 5.83. The maximum absolute atomic E-state index is 12.5. The van der Waals surface area contributed by atoms with Gasteiger partial charge in [0.05, 0.1) is 17.2 Å². The van der Waals surface area contributed by atoms with Crippen molar-refractivity contribution in [1.82, 2.24) is 5.32 Å². The summed E-state index contributed by atoms with van der Waals surface area (Å²) in [5.74, 6) is 0.749. The summed E-state index contributed by atoms with van der Waals surface area (Å²) in [5.41, 5.74) is 1.28. The number of hydrogen-bond acceptors (Lipinski definition) is 4. The van der Waals surface area contributed by atoms with E-state index in [9.17, 15) is 9.59 Å². The van der Waals surface area contributed by atoms with Crippen molar-refractivity contribution in [2.24, 2.45) is 0 Å². The highest BCUT2D eigenvalue weighted by Crippen LogP contribution is 2.23. The molecule has 0 aromatic heterocycles. The van der Waals surface area contributed by atoms with E-state index in [2.05, 4.69) is 10.6 Å². The van der Waals surface area contributed by atoms with E-state index >= 15 is 0 Å². The van der Waals surface area contributed by atoms with Gasteiger partial charge in [0.2, 0.25) is 0 Å². The largest absolute Gasteiger partial charge is 0.457 e. The first kappa shape index (κ1) is 21.4. The number of carbonyl (C=O) groups excluding carboxylic acids is 2. The summed E-state index contributed by atoms with van der Waals surface area (Å²) in [7, 11) is 1.56. The van der Waals surface area contributed by atoms with Crippen molar-refractivity contribution < 1.29 is 19.1 Å². The molecule has 0 radical (unpaired) electrons. The molecule has 3 aromatic carbocycles. The van der Waals surface area contributed by atoms with E-state index in [1.807, 2.05) is 30.3 Å². The van der Waals surface area contributed by atoms with E-state index in [1.165, 1.54) is 6.07 Å². The van der Waals surface area contributed by atoms with Gasteiger partial charge in [0, 0.05) is 24.9 Å². The van der Waals surface area contributed by atoms with E-state index in [0.717, 1.165) is 5.75 Å². The smallest absolute Gasteiger partial charge is 0.255 e. The molecule has 0 heterocycles. The van der Waals surface area contributed by atoms with Gasteiger partial charge in [-0.15, -0.1) is 0 Å². The number of anilines is 1. The minimum atomic E-state index is -0.302. The van der Waals surface area contributed by atoms with Crippen LogP contribution < -0.4 is 15.4 Å². The Morgan fingerprint density at radius 1 is 0.900 bits per heavy atom. The molecule has 6 nitrogen and oxygen atoms in total. The number of para-hydroxylation sites is 1. The molecule has 3 aromatic rings. The van der Waals surface area contributed by atoms with Crippen LogP contribution in [0, 0.1) is 0 Å². The number of amides is 2. The normalized spacial score (nSPS) is 10.3. The molecule has 3 rings (SSSR count). The lowest BCUT2D eigenvalue weighted by molar-refractivity contribution is 0.0936. The zero-order valence-electron chi connectivity index (χ0n) is 16.4. The van der Waals surface area contributed by atoms with Crippen molar-refractivity contribution in [3.63, 3.8) is 0 Å². The van der Waals surface area contributed by atoms with Gasteiger partial charge < -0.3 is 20.1 Å². The molecule has 0 fully saturated rings.